The predicted molar refractivity (Wildman–Crippen MR) is 73.8 cm³/mol. The van der Waals surface area contributed by atoms with Gasteiger partial charge in [0.1, 0.15) is 0 Å². The minimum Gasteiger partial charge on any atom is -0.394 e. The number of anilines is 1. The summed E-state index contributed by atoms with van der Waals surface area (Å²) in [5.41, 5.74) is 2.33. The molecule has 0 amide bonds. The number of aromatic nitrogens is 2. The number of aliphatic hydroxyl groups is 1. The molecule has 0 saturated carbocycles. The van der Waals surface area contributed by atoms with Crippen LogP contribution in [0.4, 0.5) is 5.82 Å². The van der Waals surface area contributed by atoms with Crippen LogP contribution in [-0.4, -0.2) is 35.1 Å². The van der Waals surface area contributed by atoms with Gasteiger partial charge in [0.2, 0.25) is 0 Å². The van der Waals surface area contributed by atoms with Crippen molar-refractivity contribution in [3.05, 3.63) is 11.3 Å². The van der Waals surface area contributed by atoms with Gasteiger partial charge in [-0.25, -0.2) is 0 Å². The van der Waals surface area contributed by atoms with Crippen molar-refractivity contribution in [3.63, 3.8) is 0 Å². The molecular formula is C13H27N3O. The Morgan fingerprint density at radius 1 is 1.35 bits per heavy atom. The summed E-state index contributed by atoms with van der Waals surface area (Å²) in [4.78, 5) is 2.11. The number of rotatable bonds is 4. The molecule has 0 aliphatic carbocycles. The van der Waals surface area contributed by atoms with Crippen LogP contribution in [0.15, 0.2) is 0 Å². The normalized spacial score (nSPS) is 11.8. The SMILES string of the molecule is CC.CCN(C)c1nn(C(C)CO)c(C)c1C. The van der Waals surface area contributed by atoms with E-state index in [4.69, 9.17) is 5.11 Å². The van der Waals surface area contributed by atoms with Crippen molar-refractivity contribution in [3.8, 4) is 0 Å². The summed E-state index contributed by atoms with van der Waals surface area (Å²) in [6, 6.07) is 0.0442. The fourth-order valence-electron chi connectivity index (χ4n) is 1.60. The molecule has 1 rings (SSSR count). The fourth-order valence-corrected chi connectivity index (χ4v) is 1.60. The molecule has 0 fully saturated rings. The van der Waals surface area contributed by atoms with Crippen molar-refractivity contribution >= 4 is 5.82 Å². The average molecular weight is 241 g/mol. The second kappa shape index (κ2) is 7.33. The number of hydrogen-bond donors (Lipinski definition) is 1. The Hall–Kier alpha value is -1.03. The summed E-state index contributed by atoms with van der Waals surface area (Å²) in [6.45, 7) is 13.2. The zero-order valence-corrected chi connectivity index (χ0v) is 12.3. The van der Waals surface area contributed by atoms with E-state index in [1.165, 1.54) is 5.56 Å². The van der Waals surface area contributed by atoms with Gasteiger partial charge in [-0.2, -0.15) is 5.10 Å². The number of nitrogens with zero attached hydrogens (tertiary/aromatic N) is 3. The van der Waals surface area contributed by atoms with E-state index >= 15 is 0 Å². The van der Waals surface area contributed by atoms with Crippen LogP contribution >= 0.6 is 0 Å². The zero-order valence-electron chi connectivity index (χ0n) is 12.3. The first kappa shape index (κ1) is 16.0. The van der Waals surface area contributed by atoms with Crippen LogP contribution in [0, 0.1) is 13.8 Å². The summed E-state index contributed by atoms with van der Waals surface area (Å²) < 4.78 is 1.90. The number of hydrogen-bond acceptors (Lipinski definition) is 3. The molecule has 0 aromatic carbocycles. The van der Waals surface area contributed by atoms with Gasteiger partial charge >= 0.3 is 0 Å². The molecule has 0 aliphatic heterocycles. The topological polar surface area (TPSA) is 41.3 Å². The van der Waals surface area contributed by atoms with Gasteiger partial charge in [-0.15, -0.1) is 0 Å². The van der Waals surface area contributed by atoms with Crippen molar-refractivity contribution < 1.29 is 5.11 Å². The summed E-state index contributed by atoms with van der Waals surface area (Å²) in [5, 5.41) is 13.7. The van der Waals surface area contributed by atoms with Crippen molar-refractivity contribution in [2.24, 2.45) is 0 Å². The molecule has 4 nitrogen and oxygen atoms in total. The maximum Gasteiger partial charge on any atom is 0.153 e. The highest BCUT2D eigenvalue weighted by Crippen LogP contribution is 2.22. The Morgan fingerprint density at radius 2 is 1.88 bits per heavy atom. The third kappa shape index (κ3) is 3.46. The third-order valence-corrected chi connectivity index (χ3v) is 2.94. The van der Waals surface area contributed by atoms with Gasteiger partial charge in [0, 0.05) is 24.8 Å². The summed E-state index contributed by atoms with van der Waals surface area (Å²) in [7, 11) is 2.03. The maximum atomic E-state index is 9.13. The third-order valence-electron chi connectivity index (χ3n) is 2.94. The van der Waals surface area contributed by atoms with Gasteiger partial charge < -0.3 is 10.0 Å². The Bertz CT molecular complexity index is 303. The van der Waals surface area contributed by atoms with Crippen LogP contribution in [0.5, 0.6) is 0 Å². The van der Waals surface area contributed by atoms with E-state index in [0.717, 1.165) is 18.1 Å². The van der Waals surface area contributed by atoms with E-state index in [0.29, 0.717) is 0 Å². The second-order valence-electron chi connectivity index (χ2n) is 4.02. The van der Waals surface area contributed by atoms with Crippen LogP contribution < -0.4 is 4.90 Å². The highest BCUT2D eigenvalue weighted by atomic mass is 16.3. The Labute approximate surface area is 105 Å². The van der Waals surface area contributed by atoms with E-state index in [2.05, 4.69) is 23.8 Å². The van der Waals surface area contributed by atoms with Crippen LogP contribution in [0.25, 0.3) is 0 Å². The highest BCUT2D eigenvalue weighted by Gasteiger charge is 2.16. The van der Waals surface area contributed by atoms with Crippen LogP contribution in [0.3, 0.4) is 0 Å². The molecule has 1 N–H and O–H groups in total. The van der Waals surface area contributed by atoms with Gasteiger partial charge in [-0.3, -0.25) is 4.68 Å². The summed E-state index contributed by atoms with van der Waals surface area (Å²) in [5.74, 6) is 1.01. The minimum atomic E-state index is 0.0442. The number of aliphatic hydroxyl groups excluding tert-OH is 1. The van der Waals surface area contributed by atoms with E-state index in [1.807, 2.05) is 39.4 Å². The summed E-state index contributed by atoms with van der Waals surface area (Å²) >= 11 is 0. The molecule has 1 unspecified atom stereocenters. The smallest absolute Gasteiger partial charge is 0.153 e. The zero-order chi connectivity index (χ0) is 13.6. The Kier molecular flexibility index (Phi) is 6.88. The van der Waals surface area contributed by atoms with E-state index in [-0.39, 0.29) is 12.6 Å². The molecule has 0 bridgehead atoms. The predicted octanol–water partition coefficient (Wildman–Crippen LogP) is 2.54. The molecule has 0 radical (unpaired) electrons. The largest absolute Gasteiger partial charge is 0.394 e. The average Bonchev–Trinajstić information content (AvgIpc) is 2.67. The Morgan fingerprint density at radius 3 is 2.29 bits per heavy atom. The van der Waals surface area contributed by atoms with Crippen LogP contribution in [0.1, 0.15) is 45.0 Å². The lowest BCUT2D eigenvalue weighted by Gasteiger charge is -2.14. The molecule has 4 heteroatoms. The van der Waals surface area contributed by atoms with Gasteiger partial charge in [0.05, 0.1) is 12.6 Å². The van der Waals surface area contributed by atoms with Crippen molar-refractivity contribution in [2.45, 2.75) is 47.6 Å². The standard InChI is InChI=1S/C11H21N3O.C2H6/c1-6-13(5)11-9(3)10(4)14(12-11)8(2)7-15;1-2/h8,15H,6-7H2,1-5H3;1-2H3. The molecule has 1 heterocycles. The molecule has 1 aromatic rings. The quantitative estimate of drug-likeness (QED) is 0.880. The maximum absolute atomic E-state index is 9.13. The van der Waals surface area contributed by atoms with Gasteiger partial charge in [0.25, 0.3) is 0 Å². The second-order valence-corrected chi connectivity index (χ2v) is 4.02. The van der Waals surface area contributed by atoms with Crippen molar-refractivity contribution in [1.82, 2.24) is 9.78 Å². The molecule has 0 aliphatic rings. The lowest BCUT2D eigenvalue weighted by Crippen LogP contribution is -2.18. The lowest BCUT2D eigenvalue weighted by atomic mass is 10.2. The summed E-state index contributed by atoms with van der Waals surface area (Å²) in [6.07, 6.45) is 0. The molecular weight excluding hydrogens is 214 g/mol. The van der Waals surface area contributed by atoms with Gasteiger partial charge in [-0.05, 0) is 27.7 Å². The fraction of sp³-hybridized carbons (Fsp3) is 0.769. The molecule has 0 spiro atoms. The van der Waals surface area contributed by atoms with Gasteiger partial charge in [0.15, 0.2) is 5.82 Å². The van der Waals surface area contributed by atoms with Crippen LogP contribution in [-0.2, 0) is 0 Å². The molecule has 17 heavy (non-hydrogen) atoms. The first-order valence-corrected chi connectivity index (χ1v) is 6.40. The van der Waals surface area contributed by atoms with Crippen molar-refractivity contribution in [1.29, 1.82) is 0 Å². The first-order chi connectivity index (χ1) is 8.02. The first-order valence-electron chi connectivity index (χ1n) is 6.40. The van der Waals surface area contributed by atoms with E-state index in [9.17, 15) is 0 Å². The highest BCUT2D eigenvalue weighted by molar-refractivity contribution is 5.47. The molecule has 1 aromatic heterocycles. The van der Waals surface area contributed by atoms with Crippen LogP contribution in [0.2, 0.25) is 0 Å². The molecule has 100 valence electrons. The molecule has 1 atom stereocenters. The van der Waals surface area contributed by atoms with Gasteiger partial charge in [-0.1, -0.05) is 13.8 Å². The monoisotopic (exact) mass is 241 g/mol. The lowest BCUT2D eigenvalue weighted by molar-refractivity contribution is 0.228. The van der Waals surface area contributed by atoms with E-state index in [1.54, 1.807) is 0 Å². The minimum absolute atomic E-state index is 0.0442. The Balaban J connectivity index is 0.00000121. The van der Waals surface area contributed by atoms with E-state index < -0.39 is 0 Å². The van der Waals surface area contributed by atoms with Crippen molar-refractivity contribution in [2.75, 3.05) is 25.1 Å². The molecule has 0 saturated heterocycles.